The second kappa shape index (κ2) is 8.59. The molecule has 1 atom stereocenters. The van der Waals surface area contributed by atoms with Gasteiger partial charge in [-0.2, -0.15) is 11.8 Å². The molecular formula is C16H23NO4S2. The van der Waals surface area contributed by atoms with E-state index < -0.39 is 0 Å². The van der Waals surface area contributed by atoms with Gasteiger partial charge in [0.1, 0.15) is 5.37 Å². The van der Waals surface area contributed by atoms with Crippen LogP contribution in [0.1, 0.15) is 17.9 Å². The number of methoxy groups -OCH3 is 3. The minimum absolute atomic E-state index is 0.00587. The summed E-state index contributed by atoms with van der Waals surface area (Å²) in [5.41, 5.74) is 0.997. The first-order valence-electron chi connectivity index (χ1n) is 7.45. The average Bonchev–Trinajstić information content (AvgIpc) is 2.94. The third-order valence-electron chi connectivity index (χ3n) is 3.62. The smallest absolute Gasteiger partial charge is 0.233 e. The molecule has 0 N–H and O–H groups in total. The summed E-state index contributed by atoms with van der Waals surface area (Å²) in [5.74, 6) is 4.51. The predicted octanol–water partition coefficient (Wildman–Crippen LogP) is 3.04. The Hall–Kier alpha value is -1.21. The lowest BCUT2D eigenvalue weighted by atomic mass is 10.1. The third kappa shape index (κ3) is 4.01. The van der Waals surface area contributed by atoms with Crippen LogP contribution in [0.15, 0.2) is 12.1 Å². The number of hydrogen-bond acceptors (Lipinski definition) is 6. The van der Waals surface area contributed by atoms with E-state index in [9.17, 15) is 4.79 Å². The fourth-order valence-electron chi connectivity index (χ4n) is 2.52. The second-order valence-electron chi connectivity index (χ2n) is 4.91. The van der Waals surface area contributed by atoms with E-state index in [0.717, 1.165) is 23.6 Å². The summed E-state index contributed by atoms with van der Waals surface area (Å²) in [6.07, 6.45) is 0. The quantitative estimate of drug-likeness (QED) is 0.667. The molecule has 0 spiro atoms. The minimum Gasteiger partial charge on any atom is -0.493 e. The van der Waals surface area contributed by atoms with E-state index in [-0.39, 0.29) is 11.3 Å². The van der Waals surface area contributed by atoms with E-state index in [1.807, 2.05) is 28.8 Å². The zero-order chi connectivity index (χ0) is 16.8. The Kier molecular flexibility index (Phi) is 6.77. The largest absolute Gasteiger partial charge is 0.493 e. The van der Waals surface area contributed by atoms with Crippen molar-refractivity contribution >= 4 is 29.4 Å². The SMILES string of the molecule is CCSCCN1C(=O)CSC1c1cc(OC)c(OC)c(OC)c1. The van der Waals surface area contributed by atoms with Gasteiger partial charge in [0, 0.05) is 12.3 Å². The van der Waals surface area contributed by atoms with Gasteiger partial charge in [-0.15, -0.1) is 11.8 Å². The van der Waals surface area contributed by atoms with E-state index in [4.69, 9.17) is 14.2 Å². The van der Waals surface area contributed by atoms with Crippen molar-refractivity contribution in [3.05, 3.63) is 17.7 Å². The van der Waals surface area contributed by atoms with Gasteiger partial charge in [0.05, 0.1) is 27.1 Å². The van der Waals surface area contributed by atoms with Gasteiger partial charge in [-0.25, -0.2) is 0 Å². The first kappa shape index (κ1) is 18.1. The van der Waals surface area contributed by atoms with Gasteiger partial charge in [0.2, 0.25) is 11.7 Å². The summed E-state index contributed by atoms with van der Waals surface area (Å²) < 4.78 is 16.2. The van der Waals surface area contributed by atoms with Gasteiger partial charge in [-0.05, 0) is 23.4 Å². The van der Waals surface area contributed by atoms with Crippen molar-refractivity contribution in [3.63, 3.8) is 0 Å². The van der Waals surface area contributed by atoms with Gasteiger partial charge < -0.3 is 19.1 Å². The summed E-state index contributed by atoms with van der Waals surface area (Å²) in [5, 5.41) is -0.00587. The highest BCUT2D eigenvalue weighted by molar-refractivity contribution is 8.00. The molecule has 128 valence electrons. The van der Waals surface area contributed by atoms with E-state index in [0.29, 0.717) is 23.0 Å². The Morgan fingerprint density at radius 1 is 1.22 bits per heavy atom. The van der Waals surface area contributed by atoms with Gasteiger partial charge in [0.15, 0.2) is 11.5 Å². The summed E-state index contributed by atoms with van der Waals surface area (Å²) in [7, 11) is 4.79. The van der Waals surface area contributed by atoms with Crippen LogP contribution in [-0.4, -0.2) is 55.9 Å². The summed E-state index contributed by atoms with van der Waals surface area (Å²) in [6, 6.07) is 3.86. The standard InChI is InChI=1S/C16H23NO4S2/c1-5-22-7-6-17-14(18)10-23-16(17)11-8-12(19-2)15(21-4)13(9-11)20-3/h8-9,16H,5-7,10H2,1-4H3. The van der Waals surface area contributed by atoms with Crippen molar-refractivity contribution in [3.8, 4) is 17.2 Å². The highest BCUT2D eigenvalue weighted by atomic mass is 32.2. The first-order valence-corrected chi connectivity index (χ1v) is 9.65. The Balaban J connectivity index is 2.30. The number of hydrogen-bond donors (Lipinski definition) is 0. The number of rotatable bonds is 8. The lowest BCUT2D eigenvalue weighted by molar-refractivity contribution is -0.127. The molecule has 1 amide bonds. The molecule has 0 aromatic heterocycles. The van der Waals surface area contributed by atoms with Crippen molar-refractivity contribution in [1.29, 1.82) is 0 Å². The van der Waals surface area contributed by atoms with Gasteiger partial charge in [-0.1, -0.05) is 6.92 Å². The van der Waals surface area contributed by atoms with Crippen molar-refractivity contribution in [1.82, 2.24) is 4.90 Å². The molecule has 1 aromatic carbocycles. The average molecular weight is 357 g/mol. The minimum atomic E-state index is -0.00587. The van der Waals surface area contributed by atoms with Gasteiger partial charge in [-0.3, -0.25) is 4.79 Å². The molecule has 7 heteroatoms. The first-order chi connectivity index (χ1) is 11.2. The molecule has 1 aliphatic rings. The number of amides is 1. The number of nitrogens with zero attached hydrogens (tertiary/aromatic N) is 1. The van der Waals surface area contributed by atoms with Crippen LogP contribution in [0.3, 0.4) is 0 Å². The highest BCUT2D eigenvalue weighted by Crippen LogP contribution is 2.45. The van der Waals surface area contributed by atoms with Crippen LogP contribution in [0, 0.1) is 0 Å². The maximum absolute atomic E-state index is 12.2. The van der Waals surface area contributed by atoms with E-state index in [2.05, 4.69) is 6.92 Å². The van der Waals surface area contributed by atoms with E-state index >= 15 is 0 Å². The fourth-order valence-corrected chi connectivity index (χ4v) is 4.34. The Morgan fingerprint density at radius 3 is 2.39 bits per heavy atom. The van der Waals surface area contributed by atoms with Crippen LogP contribution < -0.4 is 14.2 Å². The van der Waals surface area contributed by atoms with Crippen molar-refractivity contribution < 1.29 is 19.0 Å². The van der Waals surface area contributed by atoms with Crippen LogP contribution in [0.2, 0.25) is 0 Å². The number of thioether (sulfide) groups is 2. The van der Waals surface area contributed by atoms with Crippen LogP contribution in [0.25, 0.3) is 0 Å². The summed E-state index contributed by atoms with van der Waals surface area (Å²) in [6.45, 7) is 2.88. The lowest BCUT2D eigenvalue weighted by Gasteiger charge is -2.25. The number of ether oxygens (including phenoxy) is 3. The molecule has 1 saturated heterocycles. The van der Waals surface area contributed by atoms with E-state index in [1.165, 1.54) is 0 Å². The molecule has 0 radical (unpaired) electrons. The molecule has 1 aromatic rings. The van der Waals surface area contributed by atoms with Gasteiger partial charge in [0.25, 0.3) is 0 Å². The zero-order valence-corrected chi connectivity index (χ0v) is 15.6. The van der Waals surface area contributed by atoms with Crippen molar-refractivity contribution in [2.24, 2.45) is 0 Å². The maximum atomic E-state index is 12.2. The molecule has 5 nitrogen and oxygen atoms in total. The second-order valence-corrected chi connectivity index (χ2v) is 7.37. The number of carbonyl (C=O) groups excluding carboxylic acids is 1. The normalized spacial score (nSPS) is 17.5. The van der Waals surface area contributed by atoms with Crippen molar-refractivity contribution in [2.45, 2.75) is 12.3 Å². The van der Waals surface area contributed by atoms with Gasteiger partial charge >= 0.3 is 0 Å². The van der Waals surface area contributed by atoms with Crippen LogP contribution >= 0.6 is 23.5 Å². The third-order valence-corrected chi connectivity index (χ3v) is 5.76. The summed E-state index contributed by atoms with van der Waals surface area (Å²) in [4.78, 5) is 14.1. The molecular weight excluding hydrogens is 334 g/mol. The molecule has 0 aliphatic carbocycles. The molecule has 1 aliphatic heterocycles. The Labute approximate surface area is 146 Å². The Bertz CT molecular complexity index is 528. The summed E-state index contributed by atoms with van der Waals surface area (Å²) >= 11 is 3.48. The van der Waals surface area contributed by atoms with Crippen molar-refractivity contribution in [2.75, 3.05) is 45.1 Å². The fraction of sp³-hybridized carbons (Fsp3) is 0.562. The van der Waals surface area contributed by atoms with Crippen LogP contribution in [-0.2, 0) is 4.79 Å². The molecule has 1 unspecified atom stereocenters. The number of carbonyl (C=O) groups is 1. The molecule has 1 fully saturated rings. The van der Waals surface area contributed by atoms with Crippen LogP contribution in [0.5, 0.6) is 17.2 Å². The predicted molar refractivity (Wildman–Crippen MR) is 96.0 cm³/mol. The molecule has 1 heterocycles. The van der Waals surface area contributed by atoms with E-state index in [1.54, 1.807) is 33.1 Å². The molecule has 23 heavy (non-hydrogen) atoms. The lowest BCUT2D eigenvalue weighted by Crippen LogP contribution is -2.30. The zero-order valence-electron chi connectivity index (χ0n) is 14.0. The Morgan fingerprint density at radius 2 is 1.87 bits per heavy atom. The molecule has 0 bridgehead atoms. The monoisotopic (exact) mass is 357 g/mol. The molecule has 0 saturated carbocycles. The number of benzene rings is 1. The maximum Gasteiger partial charge on any atom is 0.233 e. The van der Waals surface area contributed by atoms with Crippen LogP contribution in [0.4, 0.5) is 0 Å². The molecule has 2 rings (SSSR count). The highest BCUT2D eigenvalue weighted by Gasteiger charge is 2.33. The topological polar surface area (TPSA) is 48.0 Å².